The van der Waals surface area contributed by atoms with Crippen molar-refractivity contribution < 1.29 is 29.6 Å². The number of benzene rings is 1. The van der Waals surface area contributed by atoms with E-state index in [1.807, 2.05) is 13.8 Å². The third-order valence-corrected chi connectivity index (χ3v) is 4.73. The van der Waals surface area contributed by atoms with Gasteiger partial charge in [0, 0.05) is 18.0 Å². The van der Waals surface area contributed by atoms with Crippen molar-refractivity contribution in [1.29, 1.82) is 0 Å². The van der Waals surface area contributed by atoms with Crippen molar-refractivity contribution in [3.8, 4) is 17.3 Å². The second-order valence-corrected chi connectivity index (χ2v) is 7.53. The topological polar surface area (TPSA) is 106 Å². The maximum absolute atomic E-state index is 13.2. The Morgan fingerprint density at radius 2 is 1.97 bits per heavy atom. The Kier molecular flexibility index (Phi) is 7.57. The number of para-hydroxylation sites is 1. The summed E-state index contributed by atoms with van der Waals surface area (Å²) in [6, 6.07) is 10.2. The minimum atomic E-state index is -1.04. The molecule has 0 saturated carbocycles. The fourth-order valence-electron chi connectivity index (χ4n) is 3.06. The molecule has 0 aliphatic heterocycles. The molecular weight excluding hydrogens is 412 g/mol. The van der Waals surface area contributed by atoms with Crippen LogP contribution in [0.25, 0.3) is 11.5 Å². The lowest BCUT2D eigenvalue weighted by atomic mass is 10.1. The fraction of sp³-hybridized carbons (Fsp3) is 0.375. The summed E-state index contributed by atoms with van der Waals surface area (Å²) in [4.78, 5) is 29.3. The van der Waals surface area contributed by atoms with Gasteiger partial charge >= 0.3 is 11.9 Å². The second kappa shape index (κ2) is 11.2. The maximum atomic E-state index is 13.2. The summed E-state index contributed by atoms with van der Waals surface area (Å²) >= 11 is 0. The Morgan fingerprint density at radius 3 is 2.69 bits per heavy atom. The lowest BCUT2D eigenvalue weighted by Gasteiger charge is -2.26. The van der Waals surface area contributed by atoms with E-state index in [1.165, 1.54) is 17.4 Å². The van der Waals surface area contributed by atoms with Crippen LogP contribution in [0, 0.1) is 0 Å². The summed E-state index contributed by atoms with van der Waals surface area (Å²) in [5.74, 6) is -0.130. The van der Waals surface area contributed by atoms with Crippen LogP contribution in [0.1, 0.15) is 57.2 Å². The molecule has 3 rings (SSSR count). The van der Waals surface area contributed by atoms with Crippen molar-refractivity contribution in [2.45, 2.75) is 52.1 Å². The molecule has 0 bridgehead atoms. The zero-order chi connectivity index (χ0) is 23.8. The lowest BCUT2D eigenvalue weighted by molar-refractivity contribution is -0.137. The molecule has 0 saturated heterocycles. The first kappa shape index (κ1) is 21.7. The molecule has 2 heterocycles. The summed E-state index contributed by atoms with van der Waals surface area (Å²) in [6.45, 7) is 2.99. The van der Waals surface area contributed by atoms with Gasteiger partial charge in [-0.2, -0.15) is 0 Å². The molecule has 0 fully saturated rings. The van der Waals surface area contributed by atoms with Gasteiger partial charge in [-0.15, -0.1) is 0 Å². The third-order valence-electron chi connectivity index (χ3n) is 4.73. The van der Waals surface area contributed by atoms with Gasteiger partial charge < -0.3 is 23.6 Å². The number of ether oxygens (including phenoxy) is 1. The van der Waals surface area contributed by atoms with Crippen LogP contribution in [0.2, 0.25) is 0 Å². The van der Waals surface area contributed by atoms with Crippen LogP contribution >= 0.6 is 0 Å². The number of amides is 1. The molecule has 32 heavy (non-hydrogen) atoms. The van der Waals surface area contributed by atoms with Gasteiger partial charge in [0.1, 0.15) is 5.75 Å². The highest BCUT2D eigenvalue weighted by atomic mass is 16.5. The van der Waals surface area contributed by atoms with Gasteiger partial charge in [-0.3, -0.25) is 9.59 Å². The molecule has 1 unspecified atom stereocenters. The predicted octanol–water partition coefficient (Wildman–Crippen LogP) is 5.01. The number of carbonyl (C=O) groups excluding carboxylic acids is 1. The number of unbranched alkanes of at least 4 members (excludes halogenated alkanes) is 2. The number of hydrogen-bond donors (Lipinski definition) is 1. The minimum Gasteiger partial charge on any atom is -0.493 e. The number of rotatable bonds is 12. The number of carboxylic acids is 1. The molecule has 0 aliphatic rings. The van der Waals surface area contributed by atoms with Gasteiger partial charge in [0.25, 0.3) is 5.89 Å². The summed E-state index contributed by atoms with van der Waals surface area (Å²) in [5, 5.41) is 8.72. The molecule has 1 amide bonds. The molecule has 0 radical (unpaired) electrons. The van der Waals surface area contributed by atoms with Gasteiger partial charge in [-0.1, -0.05) is 18.2 Å². The molecule has 1 N–H and O–H groups in total. The molecule has 3 aromatic rings. The first-order chi connectivity index (χ1) is 15.9. The SMILES string of the molecule is [2H]C(c1ccccc1OCCCCCC(=O)O)N(C(=O)c1ncc(-c2ccco2)o1)C(C)C. The molecule has 170 valence electrons. The van der Waals surface area contributed by atoms with Gasteiger partial charge in [0.05, 0.1) is 27.0 Å². The van der Waals surface area contributed by atoms with Gasteiger partial charge in [0.15, 0.2) is 11.5 Å². The van der Waals surface area contributed by atoms with E-state index < -0.39 is 18.4 Å². The van der Waals surface area contributed by atoms with Gasteiger partial charge in [-0.05, 0) is 51.3 Å². The minimum absolute atomic E-state index is 0.121. The lowest BCUT2D eigenvalue weighted by Crippen LogP contribution is -2.36. The quantitative estimate of drug-likeness (QED) is 0.394. The fourth-order valence-corrected chi connectivity index (χ4v) is 3.06. The number of oxazole rings is 1. The zero-order valence-corrected chi connectivity index (χ0v) is 18.2. The molecule has 1 atom stereocenters. The second-order valence-electron chi connectivity index (χ2n) is 7.53. The van der Waals surface area contributed by atoms with E-state index in [4.69, 9.17) is 20.0 Å². The maximum Gasteiger partial charge on any atom is 0.310 e. The van der Waals surface area contributed by atoms with Crippen molar-refractivity contribution in [3.05, 3.63) is 60.3 Å². The summed E-state index contributed by atoms with van der Waals surface area (Å²) < 4.78 is 25.6. The highest BCUT2D eigenvalue weighted by molar-refractivity contribution is 5.90. The van der Waals surface area contributed by atoms with Crippen LogP contribution in [-0.2, 0) is 11.3 Å². The molecule has 0 aliphatic carbocycles. The van der Waals surface area contributed by atoms with E-state index in [9.17, 15) is 9.59 Å². The molecule has 8 heteroatoms. The molecular formula is C24H28N2O6. The Hall–Kier alpha value is -3.55. The molecule has 0 spiro atoms. The van der Waals surface area contributed by atoms with Crippen LogP contribution in [-0.4, -0.2) is 39.5 Å². The molecule has 8 nitrogen and oxygen atoms in total. The number of furan rings is 1. The number of nitrogens with zero attached hydrogens (tertiary/aromatic N) is 2. The monoisotopic (exact) mass is 441 g/mol. The van der Waals surface area contributed by atoms with E-state index >= 15 is 0 Å². The number of carboxylic acid groups (broad SMARTS) is 1. The Balaban J connectivity index is 1.71. The van der Waals surface area contributed by atoms with E-state index in [2.05, 4.69) is 4.98 Å². The molecule has 1 aromatic carbocycles. The first-order valence-corrected chi connectivity index (χ1v) is 10.6. The zero-order valence-electron chi connectivity index (χ0n) is 19.2. The van der Waals surface area contributed by atoms with Gasteiger partial charge in [0.2, 0.25) is 0 Å². The van der Waals surface area contributed by atoms with Crippen LogP contribution < -0.4 is 4.74 Å². The standard InChI is InChI=1S/C24H28N2O6/c1-17(2)26(24(29)23-25-15-21(32-23)20-11-8-14-31-20)16-18-9-5-6-10-19(18)30-13-7-3-4-12-22(27)28/h5-6,8-11,14-15,17H,3-4,7,12-13,16H2,1-2H3,(H,27,28)/i16D. The highest BCUT2D eigenvalue weighted by Crippen LogP contribution is 2.25. The highest BCUT2D eigenvalue weighted by Gasteiger charge is 2.25. The van der Waals surface area contributed by atoms with Crippen LogP contribution in [0.15, 0.2) is 57.7 Å². The average molecular weight is 442 g/mol. The smallest absolute Gasteiger partial charge is 0.310 e. The summed E-state index contributed by atoms with van der Waals surface area (Å²) in [5.41, 5.74) is 0.544. The van der Waals surface area contributed by atoms with Crippen molar-refractivity contribution >= 4 is 11.9 Å². The van der Waals surface area contributed by atoms with Crippen LogP contribution in [0.4, 0.5) is 0 Å². The Morgan fingerprint density at radius 1 is 1.16 bits per heavy atom. The van der Waals surface area contributed by atoms with Crippen molar-refractivity contribution in [2.75, 3.05) is 6.61 Å². The van der Waals surface area contributed by atoms with E-state index in [-0.39, 0.29) is 18.4 Å². The number of aliphatic carboxylic acids is 1. The number of aromatic nitrogens is 1. The summed E-state index contributed by atoms with van der Waals surface area (Å²) in [6.07, 6.45) is 5.08. The van der Waals surface area contributed by atoms with Crippen LogP contribution in [0.3, 0.4) is 0 Å². The van der Waals surface area contributed by atoms with Crippen molar-refractivity contribution in [3.63, 3.8) is 0 Å². The molecule has 2 aromatic heterocycles. The third kappa shape index (κ3) is 6.23. The van der Waals surface area contributed by atoms with Crippen molar-refractivity contribution in [1.82, 2.24) is 9.88 Å². The summed E-state index contributed by atoms with van der Waals surface area (Å²) in [7, 11) is 0. The number of hydrogen-bond acceptors (Lipinski definition) is 6. The van der Waals surface area contributed by atoms with E-state index in [0.717, 1.165) is 6.42 Å². The largest absolute Gasteiger partial charge is 0.493 e. The van der Waals surface area contributed by atoms with E-state index in [1.54, 1.807) is 36.4 Å². The Bertz CT molecular complexity index is 1050. The predicted molar refractivity (Wildman–Crippen MR) is 117 cm³/mol. The van der Waals surface area contributed by atoms with Gasteiger partial charge in [-0.25, -0.2) is 4.98 Å². The van der Waals surface area contributed by atoms with E-state index in [0.29, 0.717) is 42.3 Å². The number of carbonyl (C=O) groups is 2. The average Bonchev–Trinajstić information content (AvgIpc) is 3.48. The Labute approximate surface area is 188 Å². The van der Waals surface area contributed by atoms with Crippen molar-refractivity contribution in [2.24, 2.45) is 0 Å². The first-order valence-electron chi connectivity index (χ1n) is 11.1. The van der Waals surface area contributed by atoms with Crippen LogP contribution in [0.5, 0.6) is 5.75 Å². The normalized spacial score (nSPS) is 12.4.